The van der Waals surface area contributed by atoms with Crippen LogP contribution in [0.3, 0.4) is 0 Å². The predicted octanol–water partition coefficient (Wildman–Crippen LogP) is 1.75. The number of methoxy groups -OCH3 is 1. The number of ether oxygens (including phenoxy) is 1. The molecule has 0 spiro atoms. The van der Waals surface area contributed by atoms with Crippen LogP contribution < -0.4 is 5.73 Å². The molecule has 0 radical (unpaired) electrons. The average molecular weight is 248 g/mol. The molecule has 1 aromatic rings. The van der Waals surface area contributed by atoms with Crippen molar-refractivity contribution in [3.8, 4) is 0 Å². The van der Waals surface area contributed by atoms with Crippen molar-refractivity contribution in [2.24, 2.45) is 0 Å². The zero-order chi connectivity index (χ0) is 13.3. The number of hydrogen-bond donors (Lipinski definition) is 1. The lowest BCUT2D eigenvalue weighted by molar-refractivity contribution is 0.0723. The van der Waals surface area contributed by atoms with E-state index in [1.165, 1.54) is 0 Å². The minimum Gasteiger partial charge on any atom is -0.398 e. The molecule has 1 amide bonds. The third kappa shape index (κ3) is 2.34. The summed E-state index contributed by atoms with van der Waals surface area (Å²) in [6.45, 7) is 5.32. The van der Waals surface area contributed by atoms with Crippen LogP contribution in [0.1, 0.15) is 27.9 Å². The highest BCUT2D eigenvalue weighted by Gasteiger charge is 2.27. The smallest absolute Gasteiger partial charge is 0.254 e. The molecule has 1 aromatic carbocycles. The molecule has 2 rings (SSSR count). The van der Waals surface area contributed by atoms with Gasteiger partial charge < -0.3 is 15.4 Å². The maximum atomic E-state index is 12.4. The summed E-state index contributed by atoms with van der Waals surface area (Å²) >= 11 is 0. The average Bonchev–Trinajstić information content (AvgIpc) is 2.81. The zero-order valence-corrected chi connectivity index (χ0v) is 11.2. The maximum Gasteiger partial charge on any atom is 0.254 e. The van der Waals surface area contributed by atoms with Gasteiger partial charge in [0.25, 0.3) is 5.91 Å². The number of carbonyl (C=O) groups excluding carboxylic acids is 1. The number of carbonyl (C=O) groups is 1. The monoisotopic (exact) mass is 248 g/mol. The second-order valence-corrected chi connectivity index (χ2v) is 4.92. The van der Waals surface area contributed by atoms with Crippen molar-refractivity contribution in [2.45, 2.75) is 26.4 Å². The maximum absolute atomic E-state index is 12.4. The highest BCUT2D eigenvalue weighted by atomic mass is 16.5. The van der Waals surface area contributed by atoms with E-state index < -0.39 is 0 Å². The second kappa shape index (κ2) is 4.98. The van der Waals surface area contributed by atoms with Crippen molar-refractivity contribution in [3.63, 3.8) is 0 Å². The normalized spacial score (nSPS) is 19.3. The Morgan fingerprint density at radius 1 is 1.39 bits per heavy atom. The Balaban J connectivity index is 2.22. The van der Waals surface area contributed by atoms with E-state index in [1.807, 2.05) is 24.8 Å². The number of nitrogens with zero attached hydrogens (tertiary/aromatic N) is 1. The van der Waals surface area contributed by atoms with E-state index in [1.54, 1.807) is 13.2 Å². The molecule has 18 heavy (non-hydrogen) atoms. The number of anilines is 1. The molecular formula is C14H20N2O2. The molecule has 4 heteroatoms. The highest BCUT2D eigenvalue weighted by molar-refractivity contribution is 5.97. The van der Waals surface area contributed by atoms with Gasteiger partial charge in [0.2, 0.25) is 0 Å². The fourth-order valence-electron chi connectivity index (χ4n) is 2.37. The van der Waals surface area contributed by atoms with Crippen molar-refractivity contribution in [1.29, 1.82) is 0 Å². The highest BCUT2D eigenvalue weighted by Crippen LogP contribution is 2.22. The van der Waals surface area contributed by atoms with Gasteiger partial charge in [-0.3, -0.25) is 4.79 Å². The number of nitrogens with two attached hydrogens (primary N) is 1. The number of amides is 1. The SMILES string of the molecule is COC1CCN(C(=O)c2cc(N)c(C)cc2C)C1. The Hall–Kier alpha value is -1.55. The number of hydrogen-bond acceptors (Lipinski definition) is 3. The van der Waals surface area contributed by atoms with Crippen LogP contribution in [-0.4, -0.2) is 37.1 Å². The summed E-state index contributed by atoms with van der Waals surface area (Å²) in [5, 5.41) is 0. The topological polar surface area (TPSA) is 55.6 Å². The first-order valence-corrected chi connectivity index (χ1v) is 6.21. The van der Waals surface area contributed by atoms with Crippen LogP contribution in [0.5, 0.6) is 0 Å². The fourth-order valence-corrected chi connectivity index (χ4v) is 2.37. The summed E-state index contributed by atoms with van der Waals surface area (Å²) < 4.78 is 5.28. The summed E-state index contributed by atoms with van der Waals surface area (Å²) in [5.41, 5.74) is 9.25. The van der Waals surface area contributed by atoms with Gasteiger partial charge >= 0.3 is 0 Å². The molecule has 1 aliphatic rings. The Kier molecular flexibility index (Phi) is 3.57. The van der Waals surface area contributed by atoms with E-state index >= 15 is 0 Å². The molecule has 4 nitrogen and oxygen atoms in total. The van der Waals surface area contributed by atoms with Crippen LogP contribution in [0.15, 0.2) is 12.1 Å². The largest absolute Gasteiger partial charge is 0.398 e. The number of rotatable bonds is 2. The van der Waals surface area contributed by atoms with Crippen LogP contribution in [0.25, 0.3) is 0 Å². The molecule has 1 saturated heterocycles. The summed E-state index contributed by atoms with van der Waals surface area (Å²) in [4.78, 5) is 14.2. The Morgan fingerprint density at radius 2 is 2.11 bits per heavy atom. The third-order valence-corrected chi connectivity index (χ3v) is 3.61. The van der Waals surface area contributed by atoms with Gasteiger partial charge in [0.1, 0.15) is 0 Å². The molecule has 0 saturated carbocycles. The summed E-state index contributed by atoms with van der Waals surface area (Å²) in [5.74, 6) is 0.0544. The van der Waals surface area contributed by atoms with Gasteiger partial charge in [-0.05, 0) is 37.5 Å². The van der Waals surface area contributed by atoms with Crippen molar-refractivity contribution in [2.75, 3.05) is 25.9 Å². The summed E-state index contributed by atoms with van der Waals surface area (Å²) in [6, 6.07) is 3.75. The number of nitrogen functional groups attached to an aromatic ring is 1. The van der Waals surface area contributed by atoms with E-state index in [0.29, 0.717) is 17.8 Å². The molecule has 1 aliphatic heterocycles. The van der Waals surface area contributed by atoms with E-state index in [-0.39, 0.29) is 12.0 Å². The third-order valence-electron chi connectivity index (χ3n) is 3.61. The Labute approximate surface area is 108 Å². The molecule has 1 heterocycles. The number of likely N-dealkylation sites (tertiary alicyclic amines) is 1. The van der Waals surface area contributed by atoms with E-state index in [4.69, 9.17) is 10.5 Å². The Bertz CT molecular complexity index is 471. The van der Waals surface area contributed by atoms with E-state index in [0.717, 1.165) is 24.1 Å². The summed E-state index contributed by atoms with van der Waals surface area (Å²) in [6.07, 6.45) is 1.07. The van der Waals surface area contributed by atoms with Crippen molar-refractivity contribution in [3.05, 3.63) is 28.8 Å². The van der Waals surface area contributed by atoms with Gasteiger partial charge in [-0.1, -0.05) is 6.07 Å². The van der Waals surface area contributed by atoms with Gasteiger partial charge in [0.05, 0.1) is 6.10 Å². The molecule has 0 aliphatic carbocycles. The molecule has 0 bridgehead atoms. The van der Waals surface area contributed by atoms with Crippen LogP contribution >= 0.6 is 0 Å². The standard InChI is InChI=1S/C14H20N2O2/c1-9-6-10(2)13(15)7-12(9)14(17)16-5-4-11(8-16)18-3/h6-7,11H,4-5,8,15H2,1-3H3. The van der Waals surface area contributed by atoms with Crippen LogP contribution in [0.2, 0.25) is 0 Å². The van der Waals surface area contributed by atoms with Crippen molar-refractivity contribution in [1.82, 2.24) is 4.90 Å². The molecule has 98 valence electrons. The molecular weight excluding hydrogens is 228 g/mol. The molecule has 0 aromatic heterocycles. The molecule has 2 N–H and O–H groups in total. The minimum atomic E-state index is 0.0544. The van der Waals surface area contributed by atoms with Crippen LogP contribution in [0, 0.1) is 13.8 Å². The summed E-state index contributed by atoms with van der Waals surface area (Å²) in [7, 11) is 1.69. The van der Waals surface area contributed by atoms with Crippen LogP contribution in [-0.2, 0) is 4.74 Å². The fraction of sp³-hybridized carbons (Fsp3) is 0.500. The lowest BCUT2D eigenvalue weighted by Gasteiger charge is -2.18. The predicted molar refractivity (Wildman–Crippen MR) is 71.6 cm³/mol. The zero-order valence-electron chi connectivity index (χ0n) is 11.2. The van der Waals surface area contributed by atoms with Gasteiger partial charge in [-0.2, -0.15) is 0 Å². The lowest BCUT2D eigenvalue weighted by Crippen LogP contribution is -2.30. The quantitative estimate of drug-likeness (QED) is 0.811. The first-order chi connectivity index (χ1) is 8.52. The first kappa shape index (κ1) is 12.9. The van der Waals surface area contributed by atoms with Gasteiger partial charge in [0, 0.05) is 31.5 Å². The van der Waals surface area contributed by atoms with Crippen molar-refractivity contribution < 1.29 is 9.53 Å². The van der Waals surface area contributed by atoms with Gasteiger partial charge in [-0.15, -0.1) is 0 Å². The van der Waals surface area contributed by atoms with E-state index in [2.05, 4.69) is 0 Å². The second-order valence-electron chi connectivity index (χ2n) is 4.92. The van der Waals surface area contributed by atoms with Crippen LogP contribution in [0.4, 0.5) is 5.69 Å². The Morgan fingerprint density at radius 3 is 2.72 bits per heavy atom. The first-order valence-electron chi connectivity index (χ1n) is 6.21. The number of benzene rings is 1. The minimum absolute atomic E-state index is 0.0544. The number of aryl methyl sites for hydroxylation is 2. The van der Waals surface area contributed by atoms with E-state index in [9.17, 15) is 4.79 Å². The molecule has 1 fully saturated rings. The van der Waals surface area contributed by atoms with Gasteiger partial charge in [0.15, 0.2) is 0 Å². The molecule has 1 atom stereocenters. The van der Waals surface area contributed by atoms with Gasteiger partial charge in [-0.25, -0.2) is 0 Å². The lowest BCUT2D eigenvalue weighted by atomic mass is 10.0. The van der Waals surface area contributed by atoms with Crippen molar-refractivity contribution >= 4 is 11.6 Å². The molecule has 1 unspecified atom stereocenters.